The lowest BCUT2D eigenvalue weighted by Gasteiger charge is -1.96. The minimum atomic E-state index is -0.470. The largest absolute Gasteiger partial charge is 0.457 e. The van der Waals surface area contributed by atoms with Crippen LogP contribution in [0.25, 0.3) is 0 Å². The van der Waals surface area contributed by atoms with E-state index in [9.17, 15) is 4.79 Å². The summed E-state index contributed by atoms with van der Waals surface area (Å²) < 4.78 is 4.72. The minimum Gasteiger partial charge on any atom is -0.457 e. The molecule has 1 aromatic heterocycles. The third-order valence-corrected chi connectivity index (χ3v) is 1.74. The van der Waals surface area contributed by atoms with E-state index < -0.39 is 5.97 Å². The van der Waals surface area contributed by atoms with Crippen LogP contribution < -0.4 is 5.73 Å². The van der Waals surface area contributed by atoms with Gasteiger partial charge < -0.3 is 10.5 Å². The Hall–Kier alpha value is -1.36. The van der Waals surface area contributed by atoms with Gasteiger partial charge in [-0.2, -0.15) is 0 Å². The van der Waals surface area contributed by atoms with Crippen molar-refractivity contribution in [3.63, 3.8) is 0 Å². The molecule has 0 saturated heterocycles. The average Bonchev–Trinajstić information content (AvgIpc) is 2.47. The molecule has 2 N–H and O–H groups in total. The first-order valence-corrected chi connectivity index (χ1v) is 4.11. The van der Waals surface area contributed by atoms with Gasteiger partial charge in [0.05, 0.1) is 0 Å². The Bertz CT molecular complexity index is 295. The SMILES string of the molecule is C=CCOC(=O)c1csc(N)n1. The van der Waals surface area contributed by atoms with Crippen molar-refractivity contribution in [2.24, 2.45) is 0 Å². The highest BCUT2D eigenvalue weighted by atomic mass is 32.1. The van der Waals surface area contributed by atoms with Crippen molar-refractivity contribution in [1.82, 2.24) is 4.98 Å². The molecule has 5 heteroatoms. The van der Waals surface area contributed by atoms with Gasteiger partial charge in [-0.1, -0.05) is 12.7 Å². The summed E-state index contributed by atoms with van der Waals surface area (Å²) in [5.74, 6) is -0.470. The normalized spacial score (nSPS) is 9.33. The molecule has 0 unspecified atom stereocenters. The van der Waals surface area contributed by atoms with Gasteiger partial charge >= 0.3 is 5.97 Å². The van der Waals surface area contributed by atoms with Crippen LogP contribution in [0, 0.1) is 0 Å². The molecule has 1 rings (SSSR count). The third kappa shape index (κ3) is 2.06. The monoisotopic (exact) mass is 184 g/mol. The average molecular weight is 184 g/mol. The van der Waals surface area contributed by atoms with Crippen LogP contribution in [-0.4, -0.2) is 17.6 Å². The highest BCUT2D eigenvalue weighted by Crippen LogP contribution is 2.11. The van der Waals surface area contributed by atoms with Crippen molar-refractivity contribution in [1.29, 1.82) is 0 Å². The Balaban J connectivity index is 2.59. The second kappa shape index (κ2) is 3.87. The Morgan fingerprint density at radius 1 is 1.92 bits per heavy atom. The molecule has 64 valence electrons. The van der Waals surface area contributed by atoms with Crippen LogP contribution in [0.5, 0.6) is 0 Å². The maximum atomic E-state index is 11.0. The second-order valence-electron chi connectivity index (χ2n) is 1.96. The fraction of sp³-hybridized carbons (Fsp3) is 0.143. The number of nitrogens with zero attached hydrogens (tertiary/aromatic N) is 1. The topological polar surface area (TPSA) is 65.2 Å². The molecular formula is C7H8N2O2S. The molecule has 4 nitrogen and oxygen atoms in total. The van der Waals surface area contributed by atoms with Crippen molar-refractivity contribution in [2.75, 3.05) is 12.3 Å². The van der Waals surface area contributed by atoms with Gasteiger partial charge in [0.2, 0.25) is 0 Å². The fourth-order valence-electron chi connectivity index (χ4n) is 0.590. The molecule has 0 aliphatic rings. The summed E-state index contributed by atoms with van der Waals surface area (Å²) in [5.41, 5.74) is 5.57. The Labute approximate surface area is 73.7 Å². The molecule has 0 aliphatic heterocycles. The van der Waals surface area contributed by atoms with Gasteiger partial charge in [0.25, 0.3) is 0 Å². The third-order valence-electron chi connectivity index (χ3n) is 1.06. The standard InChI is InChI=1S/C7H8N2O2S/c1-2-3-11-6(10)5-4-12-7(8)9-5/h2,4H,1,3H2,(H2,8,9). The van der Waals surface area contributed by atoms with Crippen molar-refractivity contribution in [3.8, 4) is 0 Å². The second-order valence-corrected chi connectivity index (χ2v) is 2.85. The predicted molar refractivity (Wildman–Crippen MR) is 47.0 cm³/mol. The summed E-state index contributed by atoms with van der Waals surface area (Å²) in [7, 11) is 0. The predicted octanol–water partition coefficient (Wildman–Crippen LogP) is 1.07. The van der Waals surface area contributed by atoms with Crippen LogP contribution in [-0.2, 0) is 4.74 Å². The number of esters is 1. The number of thiazole rings is 1. The summed E-state index contributed by atoms with van der Waals surface area (Å²) >= 11 is 1.21. The molecule has 0 bridgehead atoms. The summed E-state index contributed by atoms with van der Waals surface area (Å²) in [4.78, 5) is 14.8. The molecule has 0 aromatic carbocycles. The number of nitrogen functional groups attached to an aromatic ring is 1. The van der Waals surface area contributed by atoms with Crippen LogP contribution in [0.15, 0.2) is 18.0 Å². The molecule has 0 fully saturated rings. The van der Waals surface area contributed by atoms with Crippen LogP contribution in [0.3, 0.4) is 0 Å². The summed E-state index contributed by atoms with van der Waals surface area (Å²) in [6.07, 6.45) is 1.49. The zero-order chi connectivity index (χ0) is 8.97. The highest BCUT2D eigenvalue weighted by molar-refractivity contribution is 7.13. The van der Waals surface area contributed by atoms with E-state index in [0.29, 0.717) is 5.13 Å². The highest BCUT2D eigenvalue weighted by Gasteiger charge is 2.09. The summed E-state index contributed by atoms with van der Waals surface area (Å²) in [6.45, 7) is 3.60. The molecule has 0 amide bonds. The van der Waals surface area contributed by atoms with Crippen molar-refractivity contribution in [3.05, 3.63) is 23.7 Å². The van der Waals surface area contributed by atoms with Gasteiger partial charge in [0.1, 0.15) is 6.61 Å². The van der Waals surface area contributed by atoms with Gasteiger partial charge in [-0.05, 0) is 0 Å². The van der Waals surface area contributed by atoms with Gasteiger partial charge in [-0.25, -0.2) is 9.78 Å². The van der Waals surface area contributed by atoms with Gasteiger partial charge in [-0.15, -0.1) is 11.3 Å². The number of nitrogens with two attached hydrogens (primary N) is 1. The molecule has 1 aromatic rings. The van der Waals surface area contributed by atoms with Crippen LogP contribution in [0.1, 0.15) is 10.5 Å². The van der Waals surface area contributed by atoms with Crippen molar-refractivity contribution < 1.29 is 9.53 Å². The van der Waals surface area contributed by atoms with Crippen LogP contribution >= 0.6 is 11.3 Å². The summed E-state index contributed by atoms with van der Waals surface area (Å²) in [6, 6.07) is 0. The van der Waals surface area contributed by atoms with E-state index in [1.54, 1.807) is 5.38 Å². The maximum Gasteiger partial charge on any atom is 0.358 e. The number of anilines is 1. The molecule has 0 radical (unpaired) electrons. The number of aromatic nitrogens is 1. The van der Waals surface area contributed by atoms with Gasteiger partial charge in [0.15, 0.2) is 10.8 Å². The number of ether oxygens (including phenoxy) is 1. The lowest BCUT2D eigenvalue weighted by atomic mass is 10.5. The lowest BCUT2D eigenvalue weighted by molar-refractivity contribution is 0.0544. The zero-order valence-electron chi connectivity index (χ0n) is 6.32. The number of carbonyl (C=O) groups is 1. The van der Waals surface area contributed by atoms with E-state index >= 15 is 0 Å². The Morgan fingerprint density at radius 3 is 3.17 bits per heavy atom. The zero-order valence-corrected chi connectivity index (χ0v) is 7.13. The van der Waals surface area contributed by atoms with Crippen LogP contribution in [0.2, 0.25) is 0 Å². The number of hydrogen-bond acceptors (Lipinski definition) is 5. The fourth-order valence-corrected chi connectivity index (χ4v) is 1.12. The number of hydrogen-bond donors (Lipinski definition) is 1. The molecule has 1 heterocycles. The van der Waals surface area contributed by atoms with E-state index in [1.807, 2.05) is 0 Å². The Kier molecular flexibility index (Phi) is 2.82. The van der Waals surface area contributed by atoms with Gasteiger partial charge in [0, 0.05) is 5.38 Å². The smallest absolute Gasteiger partial charge is 0.358 e. The van der Waals surface area contributed by atoms with E-state index in [0.717, 1.165) is 0 Å². The molecule has 0 aliphatic carbocycles. The number of carbonyl (C=O) groups excluding carboxylic acids is 1. The van der Waals surface area contributed by atoms with Gasteiger partial charge in [-0.3, -0.25) is 0 Å². The number of rotatable bonds is 3. The Morgan fingerprint density at radius 2 is 2.67 bits per heavy atom. The maximum absolute atomic E-state index is 11.0. The van der Waals surface area contributed by atoms with Crippen LogP contribution in [0.4, 0.5) is 5.13 Å². The van der Waals surface area contributed by atoms with E-state index in [4.69, 9.17) is 10.5 Å². The first-order chi connectivity index (χ1) is 5.74. The minimum absolute atomic E-state index is 0.191. The first kappa shape index (κ1) is 8.73. The summed E-state index contributed by atoms with van der Waals surface area (Å²) in [5, 5.41) is 1.92. The molecule has 0 atom stereocenters. The van der Waals surface area contributed by atoms with Crippen molar-refractivity contribution in [2.45, 2.75) is 0 Å². The molecule has 0 saturated carbocycles. The molecular weight excluding hydrogens is 176 g/mol. The first-order valence-electron chi connectivity index (χ1n) is 3.23. The quantitative estimate of drug-likeness (QED) is 0.563. The van der Waals surface area contributed by atoms with E-state index in [2.05, 4.69) is 11.6 Å². The molecule has 0 spiro atoms. The van der Waals surface area contributed by atoms with E-state index in [1.165, 1.54) is 17.4 Å². The van der Waals surface area contributed by atoms with Crippen molar-refractivity contribution >= 4 is 22.4 Å². The van der Waals surface area contributed by atoms with E-state index in [-0.39, 0.29) is 12.3 Å². The molecule has 12 heavy (non-hydrogen) atoms. The lowest BCUT2D eigenvalue weighted by Crippen LogP contribution is -2.05.